The molecule has 0 bridgehead atoms. The van der Waals surface area contributed by atoms with Gasteiger partial charge < -0.3 is 9.45 Å². The Balaban J connectivity index is 0.000000283. The van der Waals surface area contributed by atoms with Crippen molar-refractivity contribution in [2.45, 2.75) is 29.8 Å². The van der Waals surface area contributed by atoms with E-state index < -0.39 is 10.1 Å². The van der Waals surface area contributed by atoms with Gasteiger partial charge in [-0.3, -0.25) is 9.36 Å². The normalized spacial score (nSPS) is 14.4. The molecular formula is C30H29N3O4S3. The Bertz CT molecular complexity index is 1840. The number of hydrogen-bond donors (Lipinski definition) is 0. The van der Waals surface area contributed by atoms with E-state index in [2.05, 4.69) is 40.8 Å². The Kier molecular flexibility index (Phi) is 9.26. The molecule has 40 heavy (non-hydrogen) atoms. The second-order valence-electron chi connectivity index (χ2n) is 8.89. The van der Waals surface area contributed by atoms with Crippen molar-refractivity contribution in [2.75, 3.05) is 11.9 Å². The van der Waals surface area contributed by atoms with Crippen LogP contribution in [0.3, 0.4) is 0 Å². The number of fused-ring (bicyclic) bond motifs is 1. The van der Waals surface area contributed by atoms with Gasteiger partial charge in [-0.1, -0.05) is 54.2 Å². The largest absolute Gasteiger partial charge is 0.744 e. The van der Waals surface area contributed by atoms with E-state index in [4.69, 9.17) is 0 Å². The Morgan fingerprint density at radius 1 is 1.00 bits per heavy atom. The third kappa shape index (κ3) is 6.53. The molecule has 0 saturated carbocycles. The van der Waals surface area contributed by atoms with Crippen molar-refractivity contribution in [3.63, 3.8) is 0 Å². The molecule has 0 amide bonds. The molecule has 0 unspecified atom stereocenters. The van der Waals surface area contributed by atoms with Gasteiger partial charge >= 0.3 is 0 Å². The van der Waals surface area contributed by atoms with Crippen molar-refractivity contribution in [1.82, 2.24) is 4.57 Å². The number of allylic oxidation sites excluding steroid dienone is 2. The van der Waals surface area contributed by atoms with Gasteiger partial charge in [-0.15, -0.1) is 17.9 Å². The molecule has 0 N–H and O–H groups in total. The maximum Gasteiger partial charge on any atom is 0.272 e. The van der Waals surface area contributed by atoms with Crippen LogP contribution in [0.1, 0.15) is 11.3 Å². The van der Waals surface area contributed by atoms with E-state index in [9.17, 15) is 17.8 Å². The lowest BCUT2D eigenvalue weighted by Crippen LogP contribution is -2.37. The second kappa shape index (κ2) is 12.6. The SMILES string of the molecule is C=CCn1c(=Cc2cccc[n+]2CC=C)sc(=C2Sc3ccccc3N2C)c1=O.Cc1ccc(S(=O)(=O)[O-])cc1. The number of pyridine rings is 1. The first kappa shape index (κ1) is 29.3. The summed E-state index contributed by atoms with van der Waals surface area (Å²) in [5.41, 5.74) is 3.11. The lowest BCUT2D eigenvalue weighted by molar-refractivity contribution is -0.688. The molecule has 0 saturated heterocycles. The van der Waals surface area contributed by atoms with Crippen molar-refractivity contribution in [3.8, 4) is 0 Å². The monoisotopic (exact) mass is 591 g/mol. The quantitative estimate of drug-likeness (QED) is 0.194. The van der Waals surface area contributed by atoms with E-state index in [0.29, 0.717) is 13.1 Å². The van der Waals surface area contributed by atoms with Gasteiger partial charge in [0.25, 0.3) is 5.56 Å². The first-order valence-corrected chi connectivity index (χ1v) is 15.4. The fourth-order valence-corrected chi connectivity index (χ4v) is 6.91. The van der Waals surface area contributed by atoms with Gasteiger partial charge in [-0.05, 0) is 43.3 Å². The van der Waals surface area contributed by atoms with Crippen molar-refractivity contribution < 1.29 is 17.5 Å². The Morgan fingerprint density at radius 3 is 2.35 bits per heavy atom. The molecule has 4 aromatic rings. The fourth-order valence-electron chi connectivity index (χ4n) is 4.03. The standard InChI is InChI=1S/C23H22N3OS2.C7H8O3S/c1-4-13-25-15-9-8-10-17(25)16-20-26(14-5-2)22(27)21(29-20)23-24(3)18-11-6-7-12-19(18)28-23;1-6-2-4-7(5-3-6)11(8,9)10/h4-12,15-16H,1-2,13-14H2,3H3;2-5H,1H3,(H,8,9,10)/q+1;/p-1. The van der Waals surface area contributed by atoms with E-state index in [1.807, 2.05) is 56.6 Å². The van der Waals surface area contributed by atoms with Crippen LogP contribution in [-0.2, 0) is 23.2 Å². The summed E-state index contributed by atoms with van der Waals surface area (Å²) >= 11 is 3.18. The summed E-state index contributed by atoms with van der Waals surface area (Å²) < 4.78 is 36.7. The molecule has 1 aliphatic rings. The van der Waals surface area contributed by atoms with Crippen molar-refractivity contribution in [1.29, 1.82) is 0 Å². The zero-order chi connectivity index (χ0) is 28.9. The Morgan fingerprint density at radius 2 is 1.70 bits per heavy atom. The number of rotatable bonds is 6. The number of thiazole rings is 1. The molecule has 7 nitrogen and oxygen atoms in total. The third-order valence-corrected chi connectivity index (χ3v) is 9.37. The van der Waals surface area contributed by atoms with Gasteiger partial charge in [0.2, 0.25) is 5.69 Å². The highest BCUT2D eigenvalue weighted by Gasteiger charge is 2.24. The molecule has 10 heteroatoms. The van der Waals surface area contributed by atoms with Crippen LogP contribution in [0.2, 0.25) is 0 Å². The van der Waals surface area contributed by atoms with Crippen LogP contribution in [0.5, 0.6) is 0 Å². The van der Waals surface area contributed by atoms with Gasteiger partial charge in [0.15, 0.2) is 12.7 Å². The highest BCUT2D eigenvalue weighted by atomic mass is 32.2. The maximum atomic E-state index is 13.3. The third-order valence-electron chi connectivity index (χ3n) is 6.04. The van der Waals surface area contributed by atoms with Crippen molar-refractivity contribution in [3.05, 3.63) is 129 Å². The predicted molar refractivity (Wildman–Crippen MR) is 162 cm³/mol. The molecule has 0 radical (unpaired) electrons. The van der Waals surface area contributed by atoms with Crippen LogP contribution >= 0.6 is 23.1 Å². The fraction of sp³-hybridized carbons (Fsp3) is 0.133. The minimum absolute atomic E-state index is 0.0227. The average molecular weight is 592 g/mol. The van der Waals surface area contributed by atoms with E-state index in [0.717, 1.165) is 31.2 Å². The minimum atomic E-state index is -4.27. The topological polar surface area (TPSA) is 86.3 Å². The highest BCUT2D eigenvalue weighted by Crippen LogP contribution is 2.44. The van der Waals surface area contributed by atoms with Crippen LogP contribution < -0.4 is 24.2 Å². The number of aryl methyl sites for hydroxylation is 1. The Hall–Kier alpha value is -3.70. The average Bonchev–Trinajstić information content (AvgIpc) is 3.42. The second-order valence-corrected chi connectivity index (χ2v) is 12.3. The van der Waals surface area contributed by atoms with Crippen LogP contribution in [0.4, 0.5) is 5.69 Å². The summed E-state index contributed by atoms with van der Waals surface area (Å²) in [6.45, 7) is 10.7. The number of hydrogen-bond acceptors (Lipinski definition) is 7. The van der Waals surface area contributed by atoms with Gasteiger partial charge in [-0.25, -0.2) is 8.42 Å². The smallest absolute Gasteiger partial charge is 0.272 e. The molecule has 2 aromatic heterocycles. The van der Waals surface area contributed by atoms with Crippen LogP contribution in [0.15, 0.2) is 113 Å². The number of anilines is 1. The molecule has 206 valence electrons. The highest BCUT2D eigenvalue weighted by molar-refractivity contribution is 8.08. The van der Waals surface area contributed by atoms with E-state index in [-0.39, 0.29) is 10.5 Å². The van der Waals surface area contributed by atoms with Gasteiger partial charge in [0.1, 0.15) is 24.3 Å². The zero-order valence-corrected chi connectivity index (χ0v) is 24.6. The maximum absolute atomic E-state index is 13.3. The first-order chi connectivity index (χ1) is 19.1. The minimum Gasteiger partial charge on any atom is -0.744 e. The van der Waals surface area contributed by atoms with Crippen LogP contribution in [-0.4, -0.2) is 24.6 Å². The molecule has 0 fully saturated rings. The lowest BCUT2D eigenvalue weighted by atomic mass is 10.2. The molecular weight excluding hydrogens is 563 g/mol. The molecule has 0 atom stereocenters. The van der Waals surface area contributed by atoms with Crippen LogP contribution in [0, 0.1) is 6.92 Å². The molecule has 5 rings (SSSR count). The summed E-state index contributed by atoms with van der Waals surface area (Å²) in [5, 5.41) is 0.977. The van der Waals surface area contributed by atoms with Crippen LogP contribution in [0.25, 0.3) is 11.1 Å². The van der Waals surface area contributed by atoms with Crippen molar-refractivity contribution >= 4 is 50.0 Å². The van der Waals surface area contributed by atoms with E-state index in [1.165, 1.54) is 28.4 Å². The Labute approximate surface area is 242 Å². The molecule has 0 spiro atoms. The molecule has 0 aliphatic carbocycles. The summed E-state index contributed by atoms with van der Waals surface area (Å²) in [7, 11) is -2.25. The number of nitrogens with zero attached hydrogens (tertiary/aromatic N) is 3. The van der Waals surface area contributed by atoms with Gasteiger partial charge in [-0.2, -0.15) is 4.57 Å². The molecule has 1 aliphatic heterocycles. The molecule has 3 heterocycles. The summed E-state index contributed by atoms with van der Waals surface area (Å²) in [6, 6.07) is 20.1. The van der Waals surface area contributed by atoms with Gasteiger partial charge in [0.05, 0.1) is 10.6 Å². The molecule has 2 aromatic carbocycles. The predicted octanol–water partition coefficient (Wildman–Crippen LogP) is 3.61. The number of aromatic nitrogens is 2. The van der Waals surface area contributed by atoms with E-state index in [1.54, 1.807) is 34.5 Å². The number of para-hydroxylation sites is 1. The number of benzene rings is 2. The summed E-state index contributed by atoms with van der Waals surface area (Å²) in [6.07, 6.45) is 7.72. The summed E-state index contributed by atoms with van der Waals surface area (Å²) in [5.74, 6) is 0. The van der Waals surface area contributed by atoms with E-state index >= 15 is 0 Å². The lowest BCUT2D eigenvalue weighted by Gasteiger charge is -2.11. The first-order valence-electron chi connectivity index (χ1n) is 12.3. The van der Waals surface area contributed by atoms with Gasteiger partial charge in [0, 0.05) is 36.7 Å². The van der Waals surface area contributed by atoms with Crippen molar-refractivity contribution in [2.24, 2.45) is 0 Å². The summed E-state index contributed by atoms with van der Waals surface area (Å²) in [4.78, 5) is 16.4. The number of thioether (sulfide) groups is 1. The zero-order valence-electron chi connectivity index (χ0n) is 22.2.